The van der Waals surface area contributed by atoms with Gasteiger partial charge in [-0.25, -0.2) is 4.98 Å². The van der Waals surface area contributed by atoms with E-state index in [1.807, 2.05) is 5.51 Å². The molecule has 0 saturated carbocycles. The number of rotatable bonds is 1. The summed E-state index contributed by atoms with van der Waals surface area (Å²) in [6, 6.07) is 7.19. The molecule has 2 heterocycles. The number of nitrogens with one attached hydrogen (secondary N) is 1. The Morgan fingerprint density at radius 1 is 1.44 bits per heavy atom. The molecule has 3 rings (SSSR count). The van der Waals surface area contributed by atoms with Crippen LogP contribution in [0.5, 0.6) is 0 Å². The predicted octanol–water partition coefficient (Wildman–Crippen LogP) is 2.35. The first-order valence-electron chi connectivity index (χ1n) is 5.50. The Morgan fingerprint density at radius 2 is 2.38 bits per heavy atom. The van der Waals surface area contributed by atoms with Crippen molar-refractivity contribution in [3.63, 3.8) is 0 Å². The largest absolute Gasteiger partial charge is 0.378 e. The zero-order valence-corrected chi connectivity index (χ0v) is 9.96. The molecule has 1 N–H and O–H groups in total. The van der Waals surface area contributed by atoms with E-state index in [-0.39, 0.29) is 0 Å². The van der Waals surface area contributed by atoms with Gasteiger partial charge in [0.25, 0.3) is 0 Å². The lowest BCUT2D eigenvalue weighted by Gasteiger charge is -2.29. The van der Waals surface area contributed by atoms with Crippen molar-refractivity contribution in [2.75, 3.05) is 13.2 Å². The van der Waals surface area contributed by atoms with Gasteiger partial charge in [-0.2, -0.15) is 0 Å². The number of benzene rings is 1. The molecule has 3 nitrogen and oxygen atoms in total. The van der Waals surface area contributed by atoms with Crippen LogP contribution >= 0.6 is 11.3 Å². The van der Waals surface area contributed by atoms with E-state index >= 15 is 0 Å². The molecule has 1 saturated heterocycles. The number of fused-ring (bicyclic) bond motifs is 1. The zero-order valence-electron chi connectivity index (χ0n) is 9.14. The molecule has 16 heavy (non-hydrogen) atoms. The molecule has 0 spiro atoms. The van der Waals surface area contributed by atoms with Crippen LogP contribution in [0.15, 0.2) is 23.7 Å². The van der Waals surface area contributed by atoms with Gasteiger partial charge in [-0.05, 0) is 24.6 Å². The quantitative estimate of drug-likeness (QED) is 0.822. The summed E-state index contributed by atoms with van der Waals surface area (Å²) in [5.41, 5.74) is 4.24. The second-order valence-electron chi connectivity index (χ2n) is 4.24. The number of hydrogen-bond acceptors (Lipinski definition) is 4. The van der Waals surface area contributed by atoms with Crippen LogP contribution in [0, 0.1) is 0 Å². The summed E-state index contributed by atoms with van der Waals surface area (Å²) in [5.74, 6) is 0. The van der Waals surface area contributed by atoms with E-state index in [1.165, 1.54) is 10.3 Å². The van der Waals surface area contributed by atoms with Crippen LogP contribution in [0.25, 0.3) is 10.2 Å². The summed E-state index contributed by atoms with van der Waals surface area (Å²) in [7, 11) is 0. The summed E-state index contributed by atoms with van der Waals surface area (Å²) in [5, 5.41) is 3.54. The van der Waals surface area contributed by atoms with Crippen molar-refractivity contribution in [3.8, 4) is 0 Å². The van der Waals surface area contributed by atoms with E-state index in [2.05, 4.69) is 35.4 Å². The fourth-order valence-electron chi connectivity index (χ4n) is 2.09. The van der Waals surface area contributed by atoms with Gasteiger partial charge in [-0.1, -0.05) is 6.07 Å². The Labute approximate surface area is 98.5 Å². The maximum Gasteiger partial charge on any atom is 0.0815 e. The van der Waals surface area contributed by atoms with Crippen molar-refractivity contribution in [1.82, 2.24) is 10.3 Å². The van der Waals surface area contributed by atoms with Gasteiger partial charge in [-0.15, -0.1) is 11.3 Å². The standard InChI is InChI=1S/C12H14N2OS/c1-8-5-15-6-11(14-8)9-2-3-12-10(4-9)13-7-16-12/h2-4,7-8,11,14H,5-6H2,1H3/t8-,11-/m1/s1. The summed E-state index contributed by atoms with van der Waals surface area (Å²) >= 11 is 1.68. The van der Waals surface area contributed by atoms with Crippen LogP contribution < -0.4 is 5.32 Å². The first kappa shape index (κ1) is 10.2. The number of morpholine rings is 1. The molecule has 2 atom stereocenters. The summed E-state index contributed by atoms with van der Waals surface area (Å²) in [6.45, 7) is 3.70. The average Bonchev–Trinajstić information content (AvgIpc) is 2.75. The zero-order chi connectivity index (χ0) is 11.0. The van der Waals surface area contributed by atoms with E-state index in [1.54, 1.807) is 11.3 Å². The smallest absolute Gasteiger partial charge is 0.0815 e. The highest BCUT2D eigenvalue weighted by Crippen LogP contribution is 2.24. The Balaban J connectivity index is 1.92. The van der Waals surface area contributed by atoms with Crippen LogP contribution in [-0.4, -0.2) is 24.2 Å². The first-order chi connectivity index (χ1) is 7.83. The Bertz CT molecular complexity index is 496. The van der Waals surface area contributed by atoms with E-state index < -0.39 is 0 Å². The van der Waals surface area contributed by atoms with Gasteiger partial charge in [0.15, 0.2) is 0 Å². The molecular formula is C12H14N2OS. The number of hydrogen-bond donors (Lipinski definition) is 1. The Kier molecular flexibility index (Phi) is 2.63. The fraction of sp³-hybridized carbons (Fsp3) is 0.417. The first-order valence-corrected chi connectivity index (χ1v) is 6.38. The van der Waals surface area contributed by atoms with Gasteiger partial charge in [-0.3, -0.25) is 0 Å². The van der Waals surface area contributed by atoms with Crippen molar-refractivity contribution >= 4 is 21.6 Å². The third-order valence-corrected chi connectivity index (χ3v) is 3.70. The molecule has 1 aliphatic heterocycles. The molecule has 1 fully saturated rings. The van der Waals surface area contributed by atoms with E-state index in [0.717, 1.165) is 18.7 Å². The molecule has 1 aliphatic rings. The Morgan fingerprint density at radius 3 is 3.25 bits per heavy atom. The van der Waals surface area contributed by atoms with E-state index in [0.29, 0.717) is 12.1 Å². The van der Waals surface area contributed by atoms with Gasteiger partial charge in [0.1, 0.15) is 0 Å². The highest BCUT2D eigenvalue weighted by molar-refractivity contribution is 7.16. The third-order valence-electron chi connectivity index (χ3n) is 2.89. The summed E-state index contributed by atoms with van der Waals surface area (Å²) in [6.07, 6.45) is 0. The molecule has 0 aliphatic carbocycles. The molecule has 0 amide bonds. The predicted molar refractivity (Wildman–Crippen MR) is 65.8 cm³/mol. The SMILES string of the molecule is C[C@@H]1COC[C@H](c2ccc3scnc3c2)N1. The normalized spacial score (nSPS) is 26.1. The van der Waals surface area contributed by atoms with Crippen molar-refractivity contribution in [2.24, 2.45) is 0 Å². The number of nitrogens with zero attached hydrogens (tertiary/aromatic N) is 1. The van der Waals surface area contributed by atoms with E-state index in [9.17, 15) is 0 Å². The lowest BCUT2D eigenvalue weighted by Crippen LogP contribution is -2.41. The third kappa shape index (κ3) is 1.84. The lowest BCUT2D eigenvalue weighted by atomic mass is 10.1. The van der Waals surface area contributed by atoms with Crippen LogP contribution in [0.1, 0.15) is 18.5 Å². The summed E-state index contributed by atoms with van der Waals surface area (Å²) < 4.78 is 6.81. The maximum absolute atomic E-state index is 5.56. The molecule has 4 heteroatoms. The van der Waals surface area contributed by atoms with Gasteiger partial charge < -0.3 is 10.1 Å². The van der Waals surface area contributed by atoms with Gasteiger partial charge in [0, 0.05) is 6.04 Å². The number of thiazole rings is 1. The topological polar surface area (TPSA) is 34.1 Å². The lowest BCUT2D eigenvalue weighted by molar-refractivity contribution is 0.0504. The van der Waals surface area contributed by atoms with Crippen LogP contribution in [0.4, 0.5) is 0 Å². The molecule has 1 aromatic heterocycles. The fourth-order valence-corrected chi connectivity index (χ4v) is 2.75. The Hall–Kier alpha value is -0.970. The van der Waals surface area contributed by atoms with E-state index in [4.69, 9.17) is 4.74 Å². The van der Waals surface area contributed by atoms with Gasteiger partial charge in [0.2, 0.25) is 0 Å². The monoisotopic (exact) mass is 234 g/mol. The van der Waals surface area contributed by atoms with Gasteiger partial charge >= 0.3 is 0 Å². The van der Waals surface area contributed by atoms with Gasteiger partial charge in [0.05, 0.1) is 35.0 Å². The van der Waals surface area contributed by atoms with Crippen LogP contribution in [0.2, 0.25) is 0 Å². The molecule has 1 aromatic carbocycles. The number of ether oxygens (including phenoxy) is 1. The minimum Gasteiger partial charge on any atom is -0.378 e. The van der Waals surface area contributed by atoms with Crippen molar-refractivity contribution in [1.29, 1.82) is 0 Å². The van der Waals surface area contributed by atoms with Crippen LogP contribution in [0.3, 0.4) is 0 Å². The molecule has 0 bridgehead atoms. The highest BCUT2D eigenvalue weighted by Gasteiger charge is 2.20. The minimum absolute atomic E-state index is 0.301. The second-order valence-corrected chi connectivity index (χ2v) is 5.12. The van der Waals surface area contributed by atoms with Crippen LogP contribution in [-0.2, 0) is 4.74 Å². The van der Waals surface area contributed by atoms with Crippen molar-refractivity contribution in [2.45, 2.75) is 19.0 Å². The molecule has 84 valence electrons. The van der Waals surface area contributed by atoms with Crippen molar-refractivity contribution in [3.05, 3.63) is 29.3 Å². The average molecular weight is 234 g/mol. The number of aromatic nitrogens is 1. The highest BCUT2D eigenvalue weighted by atomic mass is 32.1. The maximum atomic E-state index is 5.56. The molecule has 0 radical (unpaired) electrons. The molecule has 2 aromatic rings. The second kappa shape index (κ2) is 4.13. The van der Waals surface area contributed by atoms with Crippen molar-refractivity contribution < 1.29 is 4.74 Å². The molecular weight excluding hydrogens is 220 g/mol. The summed E-state index contributed by atoms with van der Waals surface area (Å²) in [4.78, 5) is 4.34. The molecule has 0 unspecified atom stereocenters. The minimum atomic E-state index is 0.301.